The van der Waals surface area contributed by atoms with Crippen molar-refractivity contribution in [3.05, 3.63) is 380 Å². The number of pyridine rings is 7. The van der Waals surface area contributed by atoms with Gasteiger partial charge in [-0.05, 0) is 151 Å². The van der Waals surface area contributed by atoms with Crippen LogP contribution in [0.4, 0.5) is 0 Å². The van der Waals surface area contributed by atoms with Crippen molar-refractivity contribution in [3.8, 4) is 0 Å². The SMILES string of the molecule is CC.CC.CC.CC.CC.CC.CC.CC.CC.CC.CC.CC.CC.CC.Cc1ccc2c(c1)ncc1ccccc12.Cc1ccc2c(cnc3ccccc32)c1.Cc1ccc2cnc3ccccc3c2c1.Cc1ccc2ncc3ccccc3c2c1.Cc1cccc2c1cnc1ccccc12.Cc1cccc2c1ncc1ccccc12.Cc1nc2ccccc2c2ccccc12. The highest BCUT2D eigenvalue weighted by molar-refractivity contribution is 6.11. The molecule has 700 valence electrons. The molecule has 0 amide bonds. The van der Waals surface area contributed by atoms with Crippen LogP contribution in [0.5, 0.6) is 0 Å². The Balaban J connectivity index is 0.000000742. The predicted molar refractivity (Wildman–Crippen MR) is 607 cm³/mol. The largest absolute Gasteiger partial charge is 0.256 e. The maximum absolute atomic E-state index is 4.60. The van der Waals surface area contributed by atoms with Crippen LogP contribution in [0.1, 0.15) is 233 Å². The maximum Gasteiger partial charge on any atom is 0.0737 e. The molecule has 7 nitrogen and oxygen atoms in total. The standard InChI is InChI=1S/7C14H11N.14C2H6/c1-10-5-4-7-11-12-6-2-3-8-14(12)15-9-13(10)11;1-10-5-4-8-13-12-7-3-2-6-11(12)9-15-14(10)13;1-10-11-6-2-3-7-12(11)13-8-4-5-9-14(13)15-10;1-10-6-7-12-11(8-10)9-15-14-5-3-2-4-13(12)14;1-10-6-7-11-9-15-14-5-3-2-4-12(14)13(11)8-10;1-10-6-7-14-13(8-10)12-5-3-2-4-11(12)9-15-14;1-10-6-7-13-12-5-3-2-4-11(12)9-15-14(13)8-10;14*1-2/h7*2-9H,1H3;14*1-2H3. The first-order valence-corrected chi connectivity index (χ1v) is 49.6. The van der Waals surface area contributed by atoms with Crippen LogP contribution in [-0.2, 0) is 0 Å². The van der Waals surface area contributed by atoms with Gasteiger partial charge < -0.3 is 0 Å². The van der Waals surface area contributed by atoms with E-state index in [1.54, 1.807) is 0 Å². The molecule has 133 heavy (non-hydrogen) atoms. The summed E-state index contributed by atoms with van der Waals surface area (Å²) >= 11 is 0. The quantitative estimate of drug-likeness (QED) is 0.140. The molecular formula is C126H161N7. The third-order valence-corrected chi connectivity index (χ3v) is 19.5. The average Bonchev–Trinajstić information content (AvgIpc) is 0.785. The van der Waals surface area contributed by atoms with Crippen LogP contribution in [-0.4, -0.2) is 34.9 Å². The third-order valence-electron chi connectivity index (χ3n) is 19.5. The summed E-state index contributed by atoms with van der Waals surface area (Å²) in [6.45, 7) is 70.7. The molecule has 0 radical (unpaired) electrons. The normalized spacial score (nSPS) is 9.32. The van der Waals surface area contributed by atoms with E-state index in [0.717, 1.165) is 44.3 Å². The summed E-state index contributed by atoms with van der Waals surface area (Å²) in [4.78, 5) is 31.4. The van der Waals surface area contributed by atoms with Gasteiger partial charge in [0.1, 0.15) is 0 Å². The molecule has 0 aliphatic rings. The van der Waals surface area contributed by atoms with E-state index in [0.29, 0.717) is 0 Å². The van der Waals surface area contributed by atoms with Gasteiger partial charge in [0.15, 0.2) is 0 Å². The minimum Gasteiger partial charge on any atom is -0.256 e. The lowest BCUT2D eigenvalue weighted by molar-refractivity contribution is 1.29. The van der Waals surface area contributed by atoms with Crippen molar-refractivity contribution in [3.63, 3.8) is 0 Å². The van der Waals surface area contributed by atoms with Gasteiger partial charge in [-0.3, -0.25) is 34.9 Å². The molecule has 0 saturated carbocycles. The minimum atomic E-state index is 1.06. The Morgan fingerprint density at radius 1 is 0.143 bits per heavy atom. The van der Waals surface area contributed by atoms with E-state index in [4.69, 9.17) is 0 Å². The second-order valence-electron chi connectivity index (χ2n) is 26.9. The van der Waals surface area contributed by atoms with E-state index in [-0.39, 0.29) is 0 Å². The van der Waals surface area contributed by atoms with Crippen LogP contribution in [0.3, 0.4) is 0 Å². The fraction of sp³-hybridized carbons (Fsp3) is 0.278. The summed E-state index contributed by atoms with van der Waals surface area (Å²) in [6, 6.07) is 105. The fourth-order valence-electron chi connectivity index (χ4n) is 14.0. The van der Waals surface area contributed by atoms with Gasteiger partial charge in [0, 0.05) is 118 Å². The number of nitrogens with zero attached hydrogens (tertiary/aromatic N) is 7. The van der Waals surface area contributed by atoms with Crippen LogP contribution < -0.4 is 0 Å². The summed E-state index contributed by atoms with van der Waals surface area (Å²) in [5.41, 5.74) is 16.2. The molecule has 0 saturated heterocycles. The van der Waals surface area contributed by atoms with Crippen molar-refractivity contribution in [2.45, 2.75) is 242 Å². The van der Waals surface area contributed by atoms with Crippen molar-refractivity contribution < 1.29 is 0 Å². The Hall–Kier alpha value is -13.2. The highest BCUT2D eigenvalue weighted by Crippen LogP contribution is 2.32. The van der Waals surface area contributed by atoms with Crippen LogP contribution in [0, 0.1) is 48.5 Å². The maximum atomic E-state index is 4.60. The van der Waals surface area contributed by atoms with Crippen molar-refractivity contribution in [2.75, 3.05) is 0 Å². The fourth-order valence-corrected chi connectivity index (χ4v) is 14.0. The summed E-state index contributed by atoms with van der Waals surface area (Å²) in [5, 5.41) is 26.2. The van der Waals surface area contributed by atoms with Crippen molar-refractivity contribution in [1.82, 2.24) is 34.9 Å². The molecule has 14 aromatic carbocycles. The number of aryl methyl sites for hydroxylation is 7. The highest BCUT2D eigenvalue weighted by atomic mass is 14.7. The zero-order chi connectivity index (χ0) is 99.8. The second-order valence-corrected chi connectivity index (χ2v) is 26.9. The van der Waals surface area contributed by atoms with E-state index in [9.17, 15) is 0 Å². The van der Waals surface area contributed by atoms with Crippen molar-refractivity contribution in [1.29, 1.82) is 0 Å². The first-order chi connectivity index (χ1) is 65.5. The zero-order valence-electron chi connectivity index (χ0n) is 88.0. The van der Waals surface area contributed by atoms with Crippen LogP contribution in [0.25, 0.3) is 152 Å². The van der Waals surface area contributed by atoms with Crippen LogP contribution in [0.2, 0.25) is 0 Å². The summed E-state index contributed by atoms with van der Waals surface area (Å²) in [7, 11) is 0. The molecule has 0 spiro atoms. The van der Waals surface area contributed by atoms with Crippen molar-refractivity contribution in [2.24, 2.45) is 0 Å². The molecule has 0 aliphatic carbocycles. The van der Waals surface area contributed by atoms with E-state index >= 15 is 0 Å². The van der Waals surface area contributed by atoms with Gasteiger partial charge in [0.2, 0.25) is 0 Å². The topological polar surface area (TPSA) is 90.2 Å². The predicted octanol–water partition coefficient (Wildman–Crippen LogP) is 40.2. The molecular weight excluding hydrogens is 1610 g/mol. The monoisotopic (exact) mass is 1770 g/mol. The molecule has 0 unspecified atom stereocenters. The number of aromatic nitrogens is 7. The molecule has 0 atom stereocenters. The molecule has 0 aliphatic heterocycles. The molecule has 7 heterocycles. The van der Waals surface area contributed by atoms with Gasteiger partial charge in [0.25, 0.3) is 0 Å². The minimum absolute atomic E-state index is 1.06. The summed E-state index contributed by atoms with van der Waals surface area (Å²) in [5.74, 6) is 0. The number of hydrogen-bond acceptors (Lipinski definition) is 7. The molecule has 0 N–H and O–H groups in total. The molecule has 21 rings (SSSR count). The Bertz CT molecular complexity index is 6310. The molecule has 21 aromatic rings. The number of para-hydroxylation sites is 5. The Morgan fingerprint density at radius 3 is 0.902 bits per heavy atom. The Labute approximate surface area is 803 Å². The molecule has 7 aromatic heterocycles. The van der Waals surface area contributed by atoms with Gasteiger partial charge in [-0.2, -0.15) is 0 Å². The first kappa shape index (κ1) is 118. The number of fused-ring (bicyclic) bond motifs is 21. The lowest BCUT2D eigenvalue weighted by Gasteiger charge is -2.05. The summed E-state index contributed by atoms with van der Waals surface area (Å²) < 4.78 is 0. The van der Waals surface area contributed by atoms with E-state index < -0.39 is 0 Å². The lowest BCUT2D eigenvalue weighted by atomic mass is 10.0. The Morgan fingerprint density at radius 2 is 0.414 bits per heavy atom. The van der Waals surface area contributed by atoms with Gasteiger partial charge in [-0.15, -0.1) is 0 Å². The third kappa shape index (κ3) is 33.2. The van der Waals surface area contributed by atoms with Crippen LogP contribution in [0.15, 0.2) is 340 Å². The van der Waals surface area contributed by atoms with E-state index in [2.05, 4.69) is 344 Å². The molecule has 7 heteroatoms. The number of benzene rings is 14. The smallest absolute Gasteiger partial charge is 0.0737 e. The van der Waals surface area contributed by atoms with E-state index in [1.807, 2.05) is 274 Å². The number of rotatable bonds is 0. The van der Waals surface area contributed by atoms with E-state index in [1.165, 1.54) is 146 Å². The Kier molecular flexibility index (Phi) is 60.9. The number of hydrogen-bond donors (Lipinski definition) is 0. The average molecular weight is 1770 g/mol. The molecule has 0 fully saturated rings. The molecule has 0 bridgehead atoms. The second kappa shape index (κ2) is 68.8. The van der Waals surface area contributed by atoms with Gasteiger partial charge in [-0.25, -0.2) is 0 Å². The van der Waals surface area contributed by atoms with Gasteiger partial charge in [-0.1, -0.05) is 465 Å². The van der Waals surface area contributed by atoms with Crippen molar-refractivity contribution >= 4 is 152 Å². The van der Waals surface area contributed by atoms with Crippen LogP contribution >= 0.6 is 0 Å². The highest BCUT2D eigenvalue weighted by Gasteiger charge is 2.09. The van der Waals surface area contributed by atoms with Gasteiger partial charge >= 0.3 is 0 Å². The summed E-state index contributed by atoms with van der Waals surface area (Å²) in [6.07, 6.45) is 11.7. The van der Waals surface area contributed by atoms with Gasteiger partial charge in [0.05, 0.1) is 38.6 Å². The first-order valence-electron chi connectivity index (χ1n) is 49.6. The lowest BCUT2D eigenvalue weighted by Crippen LogP contribution is -1.86. The zero-order valence-corrected chi connectivity index (χ0v) is 88.0.